The summed E-state index contributed by atoms with van der Waals surface area (Å²) in [6, 6.07) is 13.2. The van der Waals surface area contributed by atoms with Gasteiger partial charge in [-0.05, 0) is 86.4 Å². The van der Waals surface area contributed by atoms with Gasteiger partial charge in [0.1, 0.15) is 5.75 Å². The number of benzene rings is 2. The number of hydrogen-bond acceptors (Lipinski definition) is 4. The van der Waals surface area contributed by atoms with Crippen LogP contribution in [0.1, 0.15) is 52.4 Å². The summed E-state index contributed by atoms with van der Waals surface area (Å²) in [5.74, 6) is 1.13. The average Bonchev–Trinajstić information content (AvgIpc) is 2.79. The number of nitrogens with zero attached hydrogens (tertiary/aromatic N) is 2. The minimum absolute atomic E-state index is 0.167. The predicted molar refractivity (Wildman–Crippen MR) is 124 cm³/mol. The van der Waals surface area contributed by atoms with Crippen LogP contribution in [-0.2, 0) is 0 Å². The lowest BCUT2D eigenvalue weighted by molar-refractivity contribution is 0.0101. The second kappa shape index (κ2) is 9.03. The Hall–Kier alpha value is -1.98. The number of amides is 1. The molecule has 0 unspecified atom stereocenters. The summed E-state index contributed by atoms with van der Waals surface area (Å²) in [5.41, 5.74) is 4.80. The standard InChI is InChI=1S/C25H32N2O2S/c1-17-18(2)24(29-3)13-12-22(17)23-7-5-6-20-16-26(14-15-27(20)23)25(28)19-8-10-21(30-4)11-9-19/h8-13,20,23H,5-7,14-16H2,1-4H3/t20-,23+/m0/s1. The largest absolute Gasteiger partial charge is 0.496 e. The van der Waals surface area contributed by atoms with E-state index < -0.39 is 0 Å². The molecule has 0 N–H and O–H groups in total. The molecule has 1 amide bonds. The van der Waals surface area contributed by atoms with Gasteiger partial charge in [-0.1, -0.05) is 6.07 Å². The molecule has 160 valence electrons. The number of hydrogen-bond donors (Lipinski definition) is 0. The molecule has 2 atom stereocenters. The van der Waals surface area contributed by atoms with Gasteiger partial charge in [-0.3, -0.25) is 9.69 Å². The SMILES string of the molecule is COc1ccc([C@H]2CCC[C@H]3CN(C(=O)c4ccc(SC)cc4)CCN32)c(C)c1C. The third-order valence-corrected chi connectivity index (χ3v) is 7.67. The summed E-state index contributed by atoms with van der Waals surface area (Å²) in [6.07, 6.45) is 5.62. The van der Waals surface area contributed by atoms with Crippen molar-refractivity contribution in [2.45, 2.75) is 50.1 Å². The predicted octanol–water partition coefficient (Wildman–Crippen LogP) is 5.09. The molecule has 0 spiro atoms. The third-order valence-electron chi connectivity index (χ3n) is 6.93. The van der Waals surface area contributed by atoms with Gasteiger partial charge in [0.25, 0.3) is 5.91 Å². The lowest BCUT2D eigenvalue weighted by Crippen LogP contribution is -2.57. The van der Waals surface area contributed by atoms with Crippen molar-refractivity contribution in [2.75, 3.05) is 33.0 Å². The molecule has 0 saturated carbocycles. The van der Waals surface area contributed by atoms with E-state index in [1.807, 2.05) is 24.3 Å². The molecule has 2 aromatic carbocycles. The highest BCUT2D eigenvalue weighted by atomic mass is 32.2. The lowest BCUT2D eigenvalue weighted by atomic mass is 9.86. The molecule has 2 aliphatic heterocycles. The number of rotatable bonds is 4. The zero-order chi connectivity index (χ0) is 21.3. The normalized spacial score (nSPS) is 21.9. The van der Waals surface area contributed by atoms with E-state index in [-0.39, 0.29) is 5.91 Å². The van der Waals surface area contributed by atoms with E-state index in [0.29, 0.717) is 12.1 Å². The van der Waals surface area contributed by atoms with Gasteiger partial charge in [0.15, 0.2) is 0 Å². The molecular formula is C25H32N2O2S. The summed E-state index contributed by atoms with van der Waals surface area (Å²) in [7, 11) is 1.74. The Balaban J connectivity index is 1.50. The molecule has 0 aliphatic carbocycles. The Morgan fingerprint density at radius 3 is 2.50 bits per heavy atom. The topological polar surface area (TPSA) is 32.8 Å². The Kier molecular flexibility index (Phi) is 6.40. The van der Waals surface area contributed by atoms with E-state index in [1.165, 1.54) is 40.8 Å². The van der Waals surface area contributed by atoms with Crippen LogP contribution in [0.4, 0.5) is 0 Å². The Bertz CT molecular complexity index is 912. The molecule has 0 bridgehead atoms. The van der Waals surface area contributed by atoms with Crippen LogP contribution < -0.4 is 4.74 Å². The van der Waals surface area contributed by atoms with E-state index in [1.54, 1.807) is 18.9 Å². The van der Waals surface area contributed by atoms with Gasteiger partial charge >= 0.3 is 0 Å². The van der Waals surface area contributed by atoms with E-state index >= 15 is 0 Å². The Labute approximate surface area is 184 Å². The first-order valence-electron chi connectivity index (χ1n) is 10.9. The summed E-state index contributed by atoms with van der Waals surface area (Å²) < 4.78 is 5.51. The van der Waals surface area contributed by atoms with Gasteiger partial charge in [-0.2, -0.15) is 0 Å². The summed E-state index contributed by atoms with van der Waals surface area (Å²) in [6.45, 7) is 6.93. The zero-order valence-electron chi connectivity index (χ0n) is 18.5. The van der Waals surface area contributed by atoms with Crippen molar-refractivity contribution >= 4 is 17.7 Å². The van der Waals surface area contributed by atoms with Gasteiger partial charge in [0.2, 0.25) is 0 Å². The number of thioether (sulfide) groups is 1. The number of ether oxygens (including phenoxy) is 1. The van der Waals surface area contributed by atoms with Crippen molar-refractivity contribution in [1.29, 1.82) is 0 Å². The minimum Gasteiger partial charge on any atom is -0.496 e. The first kappa shape index (κ1) is 21.3. The van der Waals surface area contributed by atoms with Crippen LogP contribution in [0.2, 0.25) is 0 Å². The maximum Gasteiger partial charge on any atom is 0.253 e. The molecule has 0 aromatic heterocycles. The fourth-order valence-corrected chi connectivity index (χ4v) is 5.49. The maximum atomic E-state index is 13.1. The van der Waals surface area contributed by atoms with E-state index in [0.717, 1.165) is 30.9 Å². The minimum atomic E-state index is 0.167. The van der Waals surface area contributed by atoms with Crippen LogP contribution >= 0.6 is 11.8 Å². The smallest absolute Gasteiger partial charge is 0.253 e. The van der Waals surface area contributed by atoms with Crippen LogP contribution in [0.5, 0.6) is 5.75 Å². The van der Waals surface area contributed by atoms with Crippen molar-refractivity contribution in [1.82, 2.24) is 9.80 Å². The van der Waals surface area contributed by atoms with Crippen LogP contribution in [0.3, 0.4) is 0 Å². The van der Waals surface area contributed by atoms with E-state index in [2.05, 4.69) is 42.0 Å². The number of methoxy groups -OCH3 is 1. The van der Waals surface area contributed by atoms with Crippen LogP contribution in [0.15, 0.2) is 41.3 Å². The fraction of sp³-hybridized carbons (Fsp3) is 0.480. The van der Waals surface area contributed by atoms with Crippen molar-refractivity contribution < 1.29 is 9.53 Å². The monoisotopic (exact) mass is 424 g/mol. The van der Waals surface area contributed by atoms with E-state index in [9.17, 15) is 4.79 Å². The molecule has 4 rings (SSSR count). The first-order valence-corrected chi connectivity index (χ1v) is 12.1. The second-order valence-electron chi connectivity index (χ2n) is 8.43. The average molecular weight is 425 g/mol. The van der Waals surface area contributed by atoms with Crippen LogP contribution in [-0.4, -0.2) is 54.7 Å². The quantitative estimate of drug-likeness (QED) is 0.641. The van der Waals surface area contributed by atoms with Gasteiger partial charge in [-0.25, -0.2) is 0 Å². The van der Waals surface area contributed by atoms with Crippen molar-refractivity contribution in [3.63, 3.8) is 0 Å². The van der Waals surface area contributed by atoms with Crippen LogP contribution in [0.25, 0.3) is 0 Å². The maximum absolute atomic E-state index is 13.1. The lowest BCUT2D eigenvalue weighted by Gasteiger charge is -2.48. The number of carbonyl (C=O) groups is 1. The van der Waals surface area contributed by atoms with Crippen molar-refractivity contribution in [3.05, 3.63) is 58.7 Å². The Morgan fingerprint density at radius 1 is 1.03 bits per heavy atom. The molecule has 5 heteroatoms. The summed E-state index contributed by atoms with van der Waals surface area (Å²) in [5, 5.41) is 0. The highest BCUT2D eigenvalue weighted by Crippen LogP contribution is 2.39. The molecule has 2 fully saturated rings. The van der Waals surface area contributed by atoms with Gasteiger partial charge in [-0.15, -0.1) is 11.8 Å². The zero-order valence-corrected chi connectivity index (χ0v) is 19.3. The summed E-state index contributed by atoms with van der Waals surface area (Å²) in [4.78, 5) is 19.0. The van der Waals surface area contributed by atoms with Gasteiger partial charge in [0.05, 0.1) is 7.11 Å². The van der Waals surface area contributed by atoms with Gasteiger partial charge in [0, 0.05) is 42.2 Å². The third kappa shape index (κ3) is 3.97. The molecule has 2 saturated heterocycles. The molecule has 2 aliphatic rings. The van der Waals surface area contributed by atoms with Crippen molar-refractivity contribution in [3.8, 4) is 5.75 Å². The van der Waals surface area contributed by atoms with Crippen LogP contribution in [0, 0.1) is 13.8 Å². The number of fused-ring (bicyclic) bond motifs is 1. The van der Waals surface area contributed by atoms with E-state index in [4.69, 9.17) is 4.74 Å². The highest BCUT2D eigenvalue weighted by Gasteiger charge is 2.37. The first-order chi connectivity index (χ1) is 14.5. The van der Waals surface area contributed by atoms with Gasteiger partial charge < -0.3 is 9.64 Å². The molecule has 2 heterocycles. The number of piperazine rings is 1. The van der Waals surface area contributed by atoms with Crippen molar-refractivity contribution in [2.24, 2.45) is 0 Å². The molecule has 30 heavy (non-hydrogen) atoms. The second-order valence-corrected chi connectivity index (χ2v) is 9.30. The molecule has 2 aromatic rings. The molecular weight excluding hydrogens is 392 g/mol. The fourth-order valence-electron chi connectivity index (χ4n) is 5.08. The summed E-state index contributed by atoms with van der Waals surface area (Å²) >= 11 is 1.70. The molecule has 0 radical (unpaired) electrons. The highest BCUT2D eigenvalue weighted by molar-refractivity contribution is 7.98. The number of carbonyl (C=O) groups excluding carboxylic acids is 1. The molecule has 4 nitrogen and oxygen atoms in total. The number of piperidine rings is 1. The Morgan fingerprint density at radius 2 is 1.80 bits per heavy atom.